The molecule has 4 nitrogen and oxygen atoms in total. The van der Waals surface area contributed by atoms with Crippen molar-refractivity contribution in [2.75, 3.05) is 13.2 Å². The highest BCUT2D eigenvalue weighted by atomic mass is 19.4. The molecule has 2 aromatic carbocycles. The second-order valence-electron chi connectivity index (χ2n) is 8.42. The number of rotatable bonds is 7. The molecule has 1 heterocycles. The first-order valence-corrected chi connectivity index (χ1v) is 10.5. The van der Waals surface area contributed by atoms with Crippen LogP contribution >= 0.6 is 0 Å². The van der Waals surface area contributed by atoms with E-state index in [9.17, 15) is 18.0 Å². The van der Waals surface area contributed by atoms with Crippen LogP contribution in [0, 0.1) is 5.92 Å². The number of carbonyl (C=O) groups is 1. The van der Waals surface area contributed by atoms with Crippen LogP contribution in [0.1, 0.15) is 43.4 Å². The van der Waals surface area contributed by atoms with E-state index in [0.29, 0.717) is 18.7 Å². The monoisotopic (exact) mass is 434 g/mol. The molecule has 0 unspecified atom stereocenters. The average molecular weight is 435 g/mol. The first-order valence-electron chi connectivity index (χ1n) is 10.5. The lowest BCUT2D eigenvalue weighted by molar-refractivity contribution is -0.137. The molecule has 1 aliphatic rings. The van der Waals surface area contributed by atoms with E-state index in [1.54, 1.807) is 6.07 Å². The highest BCUT2D eigenvalue weighted by Gasteiger charge is 2.37. The third kappa shape index (κ3) is 6.08. The third-order valence-electron chi connectivity index (χ3n) is 5.68. The maximum Gasteiger partial charge on any atom is 0.416 e. The third-order valence-corrected chi connectivity index (χ3v) is 5.68. The molecule has 0 aliphatic carbocycles. The van der Waals surface area contributed by atoms with E-state index in [4.69, 9.17) is 4.74 Å². The van der Waals surface area contributed by atoms with Crippen molar-refractivity contribution in [1.29, 1.82) is 0 Å². The fourth-order valence-corrected chi connectivity index (χ4v) is 3.81. The predicted octanol–water partition coefficient (Wildman–Crippen LogP) is 4.64. The second kappa shape index (κ2) is 9.83. The number of ether oxygens (including phenoxy) is 1. The summed E-state index contributed by atoms with van der Waals surface area (Å²) in [6.45, 7) is 4.73. The lowest BCUT2D eigenvalue weighted by Crippen LogP contribution is -2.57. The van der Waals surface area contributed by atoms with Gasteiger partial charge in [0.15, 0.2) is 0 Å². The van der Waals surface area contributed by atoms with Crippen LogP contribution in [0.3, 0.4) is 0 Å². The normalized spacial score (nSPS) is 21.8. The zero-order valence-corrected chi connectivity index (χ0v) is 17.8. The number of alkyl halides is 3. The largest absolute Gasteiger partial charge is 0.416 e. The zero-order valence-electron chi connectivity index (χ0n) is 17.8. The molecule has 1 saturated heterocycles. The van der Waals surface area contributed by atoms with E-state index in [2.05, 4.69) is 10.6 Å². The molecule has 0 saturated carbocycles. The van der Waals surface area contributed by atoms with Crippen LogP contribution < -0.4 is 10.6 Å². The number of hydrogen-bond acceptors (Lipinski definition) is 3. The van der Waals surface area contributed by atoms with Crippen LogP contribution in [-0.2, 0) is 27.9 Å². The number of hydrogen-bond donors (Lipinski definition) is 2. The van der Waals surface area contributed by atoms with Gasteiger partial charge in [0.05, 0.1) is 24.3 Å². The van der Waals surface area contributed by atoms with Crippen molar-refractivity contribution in [1.82, 2.24) is 10.6 Å². The number of halogens is 3. The van der Waals surface area contributed by atoms with Crippen LogP contribution in [0.25, 0.3) is 0 Å². The van der Waals surface area contributed by atoms with Crippen molar-refractivity contribution in [2.45, 2.75) is 51.1 Å². The van der Waals surface area contributed by atoms with Gasteiger partial charge in [0, 0.05) is 18.5 Å². The molecule has 1 amide bonds. The molecule has 3 rings (SSSR count). The first kappa shape index (κ1) is 23.3. The standard InChI is InChI=1S/C24H29F3N2O2/c1-17(2)22(30)29-21-11-12-23(28-14-21,19-8-4-3-5-9-19)16-31-15-18-7-6-10-20(13-18)24(25,26)27/h3-10,13,17,21,28H,11-12,14-16H2,1-2H3,(H,29,30)/t21-,23+/m0/s1. The molecule has 7 heteroatoms. The number of benzene rings is 2. The van der Waals surface area contributed by atoms with Gasteiger partial charge in [0.25, 0.3) is 0 Å². The molecule has 0 spiro atoms. The Morgan fingerprint density at radius 1 is 1.19 bits per heavy atom. The Kier molecular flexibility index (Phi) is 7.38. The minimum Gasteiger partial charge on any atom is -0.374 e. The van der Waals surface area contributed by atoms with E-state index in [1.807, 2.05) is 44.2 Å². The lowest BCUT2D eigenvalue weighted by atomic mass is 9.81. The molecule has 168 valence electrons. The number of carbonyl (C=O) groups excluding carboxylic acids is 1. The lowest BCUT2D eigenvalue weighted by Gasteiger charge is -2.42. The van der Waals surface area contributed by atoms with Gasteiger partial charge in [-0.25, -0.2) is 0 Å². The molecule has 2 atom stereocenters. The van der Waals surface area contributed by atoms with Gasteiger partial charge in [-0.15, -0.1) is 0 Å². The van der Waals surface area contributed by atoms with Gasteiger partial charge < -0.3 is 15.4 Å². The van der Waals surface area contributed by atoms with Crippen LogP contribution in [0.2, 0.25) is 0 Å². The molecular weight excluding hydrogens is 405 g/mol. The molecule has 0 bridgehead atoms. The summed E-state index contributed by atoms with van der Waals surface area (Å²) in [5, 5.41) is 6.61. The van der Waals surface area contributed by atoms with Crippen molar-refractivity contribution in [3.8, 4) is 0 Å². The number of nitrogens with one attached hydrogen (secondary N) is 2. The van der Waals surface area contributed by atoms with Gasteiger partial charge >= 0.3 is 6.18 Å². The Labute approximate surface area is 181 Å². The van der Waals surface area contributed by atoms with Gasteiger partial charge in [-0.05, 0) is 36.1 Å². The Balaban J connectivity index is 1.67. The Bertz CT molecular complexity index is 861. The summed E-state index contributed by atoms with van der Waals surface area (Å²) in [5.74, 6) is -0.0450. The molecule has 2 N–H and O–H groups in total. The average Bonchev–Trinajstić information content (AvgIpc) is 2.75. The van der Waals surface area contributed by atoms with Gasteiger partial charge in [0.1, 0.15) is 0 Å². The first-order chi connectivity index (χ1) is 14.7. The minimum atomic E-state index is -4.37. The number of amides is 1. The topological polar surface area (TPSA) is 50.4 Å². The SMILES string of the molecule is CC(C)C(=O)N[C@H]1CC[C@@](COCc2cccc(C(F)(F)F)c2)(c2ccccc2)NC1. The van der Waals surface area contributed by atoms with Crippen LogP contribution in [-0.4, -0.2) is 25.1 Å². The fraction of sp³-hybridized carbons (Fsp3) is 0.458. The fourth-order valence-electron chi connectivity index (χ4n) is 3.81. The second-order valence-corrected chi connectivity index (χ2v) is 8.42. The van der Waals surface area contributed by atoms with Crippen molar-refractivity contribution in [3.63, 3.8) is 0 Å². The molecule has 0 aromatic heterocycles. The predicted molar refractivity (Wildman–Crippen MR) is 113 cm³/mol. The van der Waals surface area contributed by atoms with Crippen LogP contribution in [0.5, 0.6) is 0 Å². The van der Waals surface area contributed by atoms with Gasteiger partial charge in [-0.2, -0.15) is 13.2 Å². The molecule has 1 fully saturated rings. The van der Waals surface area contributed by atoms with E-state index in [-0.39, 0.29) is 24.5 Å². The van der Waals surface area contributed by atoms with Crippen molar-refractivity contribution >= 4 is 5.91 Å². The Morgan fingerprint density at radius 2 is 1.94 bits per heavy atom. The Morgan fingerprint density at radius 3 is 2.55 bits per heavy atom. The minimum absolute atomic E-state index is 0.0276. The highest BCUT2D eigenvalue weighted by Crippen LogP contribution is 2.32. The van der Waals surface area contributed by atoms with Crippen LogP contribution in [0.15, 0.2) is 54.6 Å². The number of piperidine rings is 1. The maximum absolute atomic E-state index is 13.0. The van der Waals surface area contributed by atoms with Gasteiger partial charge in [-0.3, -0.25) is 4.79 Å². The van der Waals surface area contributed by atoms with E-state index in [0.717, 1.165) is 30.5 Å². The molecule has 1 aliphatic heterocycles. The van der Waals surface area contributed by atoms with Crippen molar-refractivity contribution in [3.05, 3.63) is 71.3 Å². The summed E-state index contributed by atoms with van der Waals surface area (Å²) in [4.78, 5) is 12.0. The summed E-state index contributed by atoms with van der Waals surface area (Å²) in [7, 11) is 0. The van der Waals surface area contributed by atoms with Crippen molar-refractivity contribution < 1.29 is 22.7 Å². The summed E-state index contributed by atoms with van der Waals surface area (Å²) in [6.07, 6.45) is -2.85. The van der Waals surface area contributed by atoms with E-state index >= 15 is 0 Å². The van der Waals surface area contributed by atoms with Crippen LogP contribution in [0.4, 0.5) is 13.2 Å². The van der Waals surface area contributed by atoms with Gasteiger partial charge in [0.2, 0.25) is 5.91 Å². The van der Waals surface area contributed by atoms with Crippen molar-refractivity contribution in [2.24, 2.45) is 5.92 Å². The summed E-state index contributed by atoms with van der Waals surface area (Å²) >= 11 is 0. The van der Waals surface area contributed by atoms with E-state index < -0.39 is 17.3 Å². The highest BCUT2D eigenvalue weighted by molar-refractivity contribution is 5.78. The summed E-state index contributed by atoms with van der Waals surface area (Å²) in [5.41, 5.74) is 0.414. The van der Waals surface area contributed by atoms with Gasteiger partial charge in [-0.1, -0.05) is 56.3 Å². The van der Waals surface area contributed by atoms with E-state index in [1.165, 1.54) is 6.07 Å². The smallest absolute Gasteiger partial charge is 0.374 e. The molecule has 0 radical (unpaired) electrons. The molecule has 2 aromatic rings. The Hall–Kier alpha value is -2.38. The summed E-state index contributed by atoms with van der Waals surface area (Å²) in [6, 6.07) is 15.2. The molecular formula is C24H29F3N2O2. The molecule has 31 heavy (non-hydrogen) atoms. The summed E-state index contributed by atoms with van der Waals surface area (Å²) < 4.78 is 44.8. The maximum atomic E-state index is 13.0. The zero-order chi connectivity index (χ0) is 22.5. The quantitative estimate of drug-likeness (QED) is 0.668.